The summed E-state index contributed by atoms with van der Waals surface area (Å²) in [6.45, 7) is 8.04. The van der Waals surface area contributed by atoms with Gasteiger partial charge in [-0.25, -0.2) is 0 Å². The predicted octanol–water partition coefficient (Wildman–Crippen LogP) is -1.14. The van der Waals surface area contributed by atoms with Gasteiger partial charge in [0, 0.05) is 12.3 Å². The van der Waals surface area contributed by atoms with E-state index in [-0.39, 0.29) is 60.6 Å². The highest BCUT2D eigenvalue weighted by Crippen LogP contribution is 2.71. The largest absolute Gasteiger partial charge is 0.394 e. The Labute approximate surface area is 363 Å². The normalized spacial score (nSPS) is 55.8. The molecule has 4 aliphatic carbocycles. The Kier molecular flexibility index (Phi) is 14.2. The van der Waals surface area contributed by atoms with Gasteiger partial charge in [-0.3, -0.25) is 0 Å². The molecular formula is C44H74O18. The molecule has 0 unspecified atom stereocenters. The van der Waals surface area contributed by atoms with Crippen LogP contribution in [0.2, 0.25) is 0 Å². The van der Waals surface area contributed by atoms with Gasteiger partial charge in [-0.2, -0.15) is 0 Å². The van der Waals surface area contributed by atoms with Gasteiger partial charge in [0.2, 0.25) is 0 Å². The lowest BCUT2D eigenvalue weighted by Crippen LogP contribution is -2.61. The third-order valence-corrected chi connectivity index (χ3v) is 17.6. The van der Waals surface area contributed by atoms with E-state index in [1.165, 1.54) is 0 Å². The quantitative estimate of drug-likeness (QED) is 0.103. The Balaban J connectivity index is 0.833. The summed E-state index contributed by atoms with van der Waals surface area (Å²) in [6.07, 6.45) is -10.7. The molecule has 26 atom stereocenters. The van der Waals surface area contributed by atoms with Crippen LogP contribution in [0.4, 0.5) is 0 Å². The van der Waals surface area contributed by atoms with Crippen molar-refractivity contribution >= 4 is 0 Å². The van der Waals surface area contributed by atoms with Crippen molar-refractivity contribution in [2.75, 3.05) is 26.4 Å². The second kappa shape index (κ2) is 18.4. The van der Waals surface area contributed by atoms with Crippen molar-refractivity contribution in [3.8, 4) is 0 Å². The van der Waals surface area contributed by atoms with E-state index in [9.17, 15) is 56.2 Å². The molecule has 0 amide bonds. The van der Waals surface area contributed by atoms with Crippen molar-refractivity contribution < 1.29 is 89.3 Å². The fourth-order valence-corrected chi connectivity index (χ4v) is 13.8. The maximum absolute atomic E-state index is 12.0. The van der Waals surface area contributed by atoms with E-state index in [0.717, 1.165) is 51.4 Å². The Bertz CT molecular complexity index is 1510. The van der Waals surface area contributed by atoms with E-state index < -0.39 is 98.4 Å². The molecule has 0 aromatic heterocycles. The lowest BCUT2D eigenvalue weighted by Gasteiger charge is -2.61. The topological polar surface area (TPSA) is 287 Å². The van der Waals surface area contributed by atoms with Gasteiger partial charge in [0.15, 0.2) is 24.7 Å². The highest BCUT2D eigenvalue weighted by atomic mass is 16.7. The number of rotatable bonds is 12. The third kappa shape index (κ3) is 8.46. The van der Waals surface area contributed by atoms with Crippen LogP contribution >= 0.6 is 0 Å². The first-order valence-corrected chi connectivity index (χ1v) is 23.3. The van der Waals surface area contributed by atoms with Crippen LogP contribution in [0.3, 0.4) is 0 Å². The van der Waals surface area contributed by atoms with Crippen LogP contribution in [0, 0.1) is 52.3 Å². The van der Waals surface area contributed by atoms with Gasteiger partial charge in [0.25, 0.3) is 0 Å². The third-order valence-electron chi connectivity index (χ3n) is 17.6. The predicted molar refractivity (Wildman–Crippen MR) is 213 cm³/mol. The van der Waals surface area contributed by atoms with Crippen molar-refractivity contribution in [3.05, 3.63) is 0 Å². The van der Waals surface area contributed by atoms with E-state index in [0.29, 0.717) is 36.5 Å². The summed E-state index contributed by atoms with van der Waals surface area (Å²) in [7, 11) is 0. The lowest BCUT2D eigenvalue weighted by molar-refractivity contribution is -0.331. The first-order chi connectivity index (χ1) is 29.3. The molecule has 0 radical (unpaired) electrons. The van der Waals surface area contributed by atoms with Gasteiger partial charge in [-0.1, -0.05) is 27.7 Å². The molecule has 0 aromatic carbocycles. The molecule has 11 N–H and O–H groups in total. The molecule has 8 rings (SSSR count). The fraction of sp³-hybridized carbons (Fsp3) is 1.00. The Morgan fingerprint density at radius 2 is 1.35 bits per heavy atom. The van der Waals surface area contributed by atoms with Gasteiger partial charge >= 0.3 is 0 Å². The Hall–Kier alpha value is -0.720. The minimum atomic E-state index is -1.57. The van der Waals surface area contributed by atoms with Crippen LogP contribution in [0.15, 0.2) is 0 Å². The molecular weight excluding hydrogens is 816 g/mol. The fourth-order valence-electron chi connectivity index (χ4n) is 13.8. The number of aliphatic hydroxyl groups is 11. The summed E-state index contributed by atoms with van der Waals surface area (Å²) < 4.78 is 41.2. The van der Waals surface area contributed by atoms with Gasteiger partial charge < -0.3 is 89.3 Å². The van der Waals surface area contributed by atoms with Gasteiger partial charge in [0.1, 0.15) is 67.1 Å². The molecule has 4 saturated carbocycles. The molecule has 8 fully saturated rings. The molecule has 0 aromatic rings. The van der Waals surface area contributed by atoms with Crippen molar-refractivity contribution in [2.45, 2.75) is 196 Å². The molecule has 0 bridgehead atoms. The van der Waals surface area contributed by atoms with Crippen LogP contribution in [0.5, 0.6) is 0 Å². The Morgan fingerprint density at radius 3 is 2.08 bits per heavy atom. The molecule has 0 spiro atoms. The summed E-state index contributed by atoms with van der Waals surface area (Å²) in [6, 6.07) is 0. The zero-order valence-electron chi connectivity index (χ0n) is 36.5. The summed E-state index contributed by atoms with van der Waals surface area (Å²) in [5.41, 5.74) is 0.124. The van der Waals surface area contributed by atoms with Gasteiger partial charge in [0.05, 0.1) is 38.6 Å². The number of hydrogen-bond acceptors (Lipinski definition) is 18. The molecule has 4 heterocycles. The standard InChI is InChI=1S/C44H74O18/c1-19(16-56-40-37(53)34(50)32(48)28(15-45)60-40)7-12-44(55)20(2)30-27(62-44)14-25-23-6-5-21-13-22(8-10-42(21,3)24(23)9-11-43(25,30)4)59-41-38(54)35(51)33(49)29(61-41)18-58-39-36(52)31(47)26(46)17-57-39/h19-41,45-55H,5-18H2,1-4H3/t19-,20+,21-,22+,23-,24+,25+,26-,27+,28-,29-,30+,31+,32-,33-,34+,35+,36-,37-,38-,39+,40-,41-,42+,43+,44+/m1/s1. The summed E-state index contributed by atoms with van der Waals surface area (Å²) in [5, 5.41) is 115. The smallest absolute Gasteiger partial charge is 0.186 e. The molecule has 18 heteroatoms. The molecule has 8 aliphatic rings. The van der Waals surface area contributed by atoms with Gasteiger partial charge in [-0.15, -0.1) is 0 Å². The second-order valence-corrected chi connectivity index (χ2v) is 21.1. The first-order valence-electron chi connectivity index (χ1n) is 23.3. The van der Waals surface area contributed by atoms with Crippen LogP contribution in [-0.4, -0.2) is 187 Å². The molecule has 4 saturated heterocycles. The molecule has 18 nitrogen and oxygen atoms in total. The summed E-state index contributed by atoms with van der Waals surface area (Å²) >= 11 is 0. The van der Waals surface area contributed by atoms with E-state index in [1.807, 2.05) is 6.92 Å². The average Bonchev–Trinajstić information content (AvgIpc) is 3.69. The van der Waals surface area contributed by atoms with Gasteiger partial charge in [-0.05, 0) is 104 Å². The van der Waals surface area contributed by atoms with Crippen molar-refractivity contribution in [2.24, 2.45) is 52.3 Å². The van der Waals surface area contributed by atoms with Crippen molar-refractivity contribution in [1.82, 2.24) is 0 Å². The maximum Gasteiger partial charge on any atom is 0.186 e. The first kappa shape index (κ1) is 47.8. The van der Waals surface area contributed by atoms with Crippen molar-refractivity contribution in [3.63, 3.8) is 0 Å². The zero-order chi connectivity index (χ0) is 44.6. The SMILES string of the molecule is C[C@H](CC[C@]1(O)O[C@H]2C[C@H]3[C@@H]4CC[C@@H]5C[C@@H](O[C@@H]6O[C@H](CO[C@@H]7OC[C@@H](O)[C@H](O)[C@H]7O)[C@@H](O)[C@H](O)[C@H]6O)CC[C@]5(C)[C@H]4CC[C@]3(C)[C@H]2[C@@H]1C)CO[C@@H]1O[C@H](CO)[C@@H](O)[C@H](O)[C@H]1O. The number of fused-ring (bicyclic) bond motifs is 7. The lowest BCUT2D eigenvalue weighted by atomic mass is 9.44. The zero-order valence-corrected chi connectivity index (χ0v) is 36.5. The van der Waals surface area contributed by atoms with E-state index in [1.54, 1.807) is 0 Å². The number of ether oxygens (including phenoxy) is 7. The molecule has 4 aliphatic heterocycles. The molecule has 358 valence electrons. The minimum absolute atomic E-state index is 0.0272. The summed E-state index contributed by atoms with van der Waals surface area (Å²) in [4.78, 5) is 0. The van der Waals surface area contributed by atoms with Crippen LogP contribution in [0.1, 0.15) is 91.9 Å². The summed E-state index contributed by atoms with van der Waals surface area (Å²) in [5.74, 6) is 0.766. The average molecular weight is 891 g/mol. The second-order valence-electron chi connectivity index (χ2n) is 21.1. The van der Waals surface area contributed by atoms with Crippen LogP contribution in [-0.2, 0) is 33.2 Å². The monoisotopic (exact) mass is 890 g/mol. The minimum Gasteiger partial charge on any atom is -0.394 e. The van der Waals surface area contributed by atoms with Crippen LogP contribution in [0.25, 0.3) is 0 Å². The highest BCUT2D eigenvalue weighted by molar-refractivity contribution is 5.15. The van der Waals surface area contributed by atoms with E-state index in [2.05, 4.69) is 20.8 Å². The molecule has 62 heavy (non-hydrogen) atoms. The number of aliphatic hydroxyl groups excluding tert-OH is 10. The van der Waals surface area contributed by atoms with Crippen LogP contribution < -0.4 is 0 Å². The highest BCUT2D eigenvalue weighted by Gasteiger charge is 2.68. The Morgan fingerprint density at radius 1 is 0.694 bits per heavy atom. The number of hydrogen-bond donors (Lipinski definition) is 11. The maximum atomic E-state index is 12.0. The van der Waals surface area contributed by atoms with E-state index >= 15 is 0 Å². The van der Waals surface area contributed by atoms with E-state index in [4.69, 9.17) is 33.2 Å². The van der Waals surface area contributed by atoms with Crippen molar-refractivity contribution in [1.29, 1.82) is 0 Å².